The van der Waals surface area contributed by atoms with Crippen molar-refractivity contribution in [1.82, 2.24) is 5.32 Å². The van der Waals surface area contributed by atoms with Crippen molar-refractivity contribution in [3.63, 3.8) is 0 Å². The molecule has 0 heterocycles. The standard InChI is InChI=1S/C17H19FN2O/c1-13-6-8-14(9-7-13)12-20-17(21)10-11-19-16-5-3-2-4-15(16)18/h2-9,19H,10-12H2,1H3,(H,20,21). The van der Waals surface area contributed by atoms with Gasteiger partial charge in [0.15, 0.2) is 0 Å². The molecule has 2 N–H and O–H groups in total. The second-order valence-electron chi connectivity index (χ2n) is 4.92. The topological polar surface area (TPSA) is 41.1 Å². The number of carbonyl (C=O) groups excluding carboxylic acids is 1. The van der Waals surface area contributed by atoms with E-state index in [0.29, 0.717) is 25.2 Å². The van der Waals surface area contributed by atoms with Crippen molar-refractivity contribution in [1.29, 1.82) is 0 Å². The monoisotopic (exact) mass is 286 g/mol. The first kappa shape index (κ1) is 15.0. The fourth-order valence-electron chi connectivity index (χ4n) is 1.91. The summed E-state index contributed by atoms with van der Waals surface area (Å²) in [5.74, 6) is -0.364. The molecule has 0 fully saturated rings. The molecule has 0 saturated heterocycles. The normalized spacial score (nSPS) is 10.2. The molecule has 21 heavy (non-hydrogen) atoms. The third kappa shape index (κ3) is 4.91. The Kier molecular flexibility index (Phi) is 5.32. The summed E-state index contributed by atoms with van der Waals surface area (Å²) in [6.45, 7) is 2.94. The van der Waals surface area contributed by atoms with Gasteiger partial charge in [0.2, 0.25) is 5.91 Å². The van der Waals surface area contributed by atoms with Crippen LogP contribution in [0, 0.1) is 12.7 Å². The quantitative estimate of drug-likeness (QED) is 0.856. The molecule has 4 heteroatoms. The zero-order valence-electron chi connectivity index (χ0n) is 12.0. The minimum atomic E-state index is -0.308. The molecule has 0 bridgehead atoms. The van der Waals surface area contributed by atoms with Crippen molar-refractivity contribution < 1.29 is 9.18 Å². The molecule has 0 radical (unpaired) electrons. The highest BCUT2D eigenvalue weighted by molar-refractivity contribution is 5.76. The molecule has 110 valence electrons. The maximum atomic E-state index is 13.4. The SMILES string of the molecule is Cc1ccc(CNC(=O)CCNc2ccccc2F)cc1. The van der Waals surface area contributed by atoms with Gasteiger partial charge in [0, 0.05) is 19.5 Å². The number of hydrogen-bond donors (Lipinski definition) is 2. The van der Waals surface area contributed by atoms with Crippen LogP contribution in [0.5, 0.6) is 0 Å². The average Bonchev–Trinajstić information content (AvgIpc) is 2.49. The Hall–Kier alpha value is -2.36. The molecule has 0 unspecified atom stereocenters. The number of rotatable bonds is 6. The fraction of sp³-hybridized carbons (Fsp3) is 0.235. The molecule has 0 spiro atoms. The highest BCUT2D eigenvalue weighted by Gasteiger charge is 2.03. The van der Waals surface area contributed by atoms with Crippen LogP contribution in [0.4, 0.5) is 10.1 Å². The third-order valence-electron chi connectivity index (χ3n) is 3.15. The molecule has 3 nitrogen and oxygen atoms in total. The summed E-state index contributed by atoms with van der Waals surface area (Å²) in [5, 5.41) is 5.76. The van der Waals surface area contributed by atoms with E-state index in [1.807, 2.05) is 31.2 Å². The van der Waals surface area contributed by atoms with Crippen LogP contribution < -0.4 is 10.6 Å². The summed E-state index contributed by atoms with van der Waals surface area (Å²) >= 11 is 0. The Morgan fingerprint density at radius 1 is 1.10 bits per heavy atom. The number of nitrogens with one attached hydrogen (secondary N) is 2. The maximum absolute atomic E-state index is 13.4. The number of para-hydroxylation sites is 1. The predicted molar refractivity (Wildman–Crippen MR) is 82.5 cm³/mol. The van der Waals surface area contributed by atoms with Gasteiger partial charge in [-0.3, -0.25) is 4.79 Å². The van der Waals surface area contributed by atoms with Gasteiger partial charge in [-0.25, -0.2) is 4.39 Å². The van der Waals surface area contributed by atoms with E-state index in [9.17, 15) is 9.18 Å². The number of anilines is 1. The second-order valence-corrected chi connectivity index (χ2v) is 4.92. The Bertz CT molecular complexity index is 596. The van der Waals surface area contributed by atoms with Gasteiger partial charge in [-0.15, -0.1) is 0 Å². The van der Waals surface area contributed by atoms with Gasteiger partial charge >= 0.3 is 0 Å². The lowest BCUT2D eigenvalue weighted by Gasteiger charge is -2.08. The van der Waals surface area contributed by atoms with Gasteiger partial charge in [-0.05, 0) is 24.6 Å². The minimum absolute atomic E-state index is 0.0561. The Labute approximate surface area is 124 Å². The highest BCUT2D eigenvalue weighted by Crippen LogP contribution is 2.11. The summed E-state index contributed by atoms with van der Waals surface area (Å²) in [6.07, 6.45) is 0.306. The summed E-state index contributed by atoms with van der Waals surface area (Å²) in [7, 11) is 0. The van der Waals surface area contributed by atoms with Crippen LogP contribution >= 0.6 is 0 Å². The molecule has 0 aromatic heterocycles. The Balaban J connectivity index is 1.70. The molecule has 0 atom stereocenters. The number of benzene rings is 2. The van der Waals surface area contributed by atoms with Gasteiger partial charge in [0.1, 0.15) is 5.82 Å². The Morgan fingerprint density at radius 2 is 1.81 bits per heavy atom. The zero-order valence-corrected chi connectivity index (χ0v) is 12.0. The van der Waals surface area contributed by atoms with Crippen LogP contribution in [0.1, 0.15) is 17.5 Å². The average molecular weight is 286 g/mol. The van der Waals surface area contributed by atoms with Gasteiger partial charge in [-0.1, -0.05) is 42.0 Å². The van der Waals surface area contributed by atoms with Crippen molar-refractivity contribution >= 4 is 11.6 Å². The fourth-order valence-corrected chi connectivity index (χ4v) is 1.91. The maximum Gasteiger partial charge on any atom is 0.222 e. The molecule has 0 aliphatic rings. The van der Waals surface area contributed by atoms with E-state index < -0.39 is 0 Å². The summed E-state index contributed by atoms with van der Waals surface area (Å²) in [6, 6.07) is 14.4. The molecular formula is C17H19FN2O. The van der Waals surface area contributed by atoms with Crippen LogP contribution in [0.2, 0.25) is 0 Å². The largest absolute Gasteiger partial charge is 0.382 e. The number of aryl methyl sites for hydroxylation is 1. The van der Waals surface area contributed by atoms with E-state index >= 15 is 0 Å². The lowest BCUT2D eigenvalue weighted by Crippen LogP contribution is -2.24. The predicted octanol–water partition coefficient (Wildman–Crippen LogP) is 3.25. The third-order valence-corrected chi connectivity index (χ3v) is 3.15. The number of amides is 1. The van der Waals surface area contributed by atoms with Crippen LogP contribution in [-0.2, 0) is 11.3 Å². The van der Waals surface area contributed by atoms with E-state index in [1.165, 1.54) is 11.6 Å². The molecule has 2 aromatic rings. The number of hydrogen-bond acceptors (Lipinski definition) is 2. The number of halogens is 1. The van der Waals surface area contributed by atoms with E-state index in [2.05, 4.69) is 10.6 Å². The first-order valence-electron chi connectivity index (χ1n) is 6.96. The van der Waals surface area contributed by atoms with Crippen molar-refractivity contribution in [2.45, 2.75) is 19.9 Å². The van der Waals surface area contributed by atoms with Crippen LogP contribution in [-0.4, -0.2) is 12.5 Å². The minimum Gasteiger partial charge on any atom is -0.382 e. The van der Waals surface area contributed by atoms with E-state index in [1.54, 1.807) is 18.2 Å². The lowest BCUT2D eigenvalue weighted by molar-refractivity contribution is -0.121. The first-order chi connectivity index (χ1) is 10.1. The van der Waals surface area contributed by atoms with E-state index in [0.717, 1.165) is 5.56 Å². The van der Waals surface area contributed by atoms with Crippen molar-refractivity contribution in [3.8, 4) is 0 Å². The van der Waals surface area contributed by atoms with Gasteiger partial charge in [0.05, 0.1) is 5.69 Å². The molecule has 1 amide bonds. The summed E-state index contributed by atoms with van der Waals surface area (Å²) < 4.78 is 13.4. The Morgan fingerprint density at radius 3 is 2.52 bits per heavy atom. The van der Waals surface area contributed by atoms with Crippen molar-refractivity contribution in [3.05, 3.63) is 65.5 Å². The zero-order chi connectivity index (χ0) is 15.1. The molecule has 2 rings (SSSR count). The molecule has 0 aliphatic carbocycles. The summed E-state index contributed by atoms with van der Waals surface area (Å²) in [5.41, 5.74) is 2.68. The van der Waals surface area contributed by atoms with Gasteiger partial charge < -0.3 is 10.6 Å². The summed E-state index contributed by atoms with van der Waals surface area (Å²) in [4.78, 5) is 11.7. The molecule has 0 saturated carbocycles. The molecule has 2 aromatic carbocycles. The lowest BCUT2D eigenvalue weighted by atomic mass is 10.1. The van der Waals surface area contributed by atoms with Crippen LogP contribution in [0.15, 0.2) is 48.5 Å². The van der Waals surface area contributed by atoms with E-state index in [-0.39, 0.29) is 11.7 Å². The molecular weight excluding hydrogens is 267 g/mol. The van der Waals surface area contributed by atoms with Gasteiger partial charge in [0.25, 0.3) is 0 Å². The van der Waals surface area contributed by atoms with E-state index in [4.69, 9.17) is 0 Å². The van der Waals surface area contributed by atoms with Crippen molar-refractivity contribution in [2.75, 3.05) is 11.9 Å². The second kappa shape index (κ2) is 7.43. The van der Waals surface area contributed by atoms with Gasteiger partial charge in [-0.2, -0.15) is 0 Å². The molecule has 0 aliphatic heterocycles. The highest BCUT2D eigenvalue weighted by atomic mass is 19.1. The van der Waals surface area contributed by atoms with Crippen LogP contribution in [0.25, 0.3) is 0 Å². The van der Waals surface area contributed by atoms with Crippen molar-refractivity contribution in [2.24, 2.45) is 0 Å². The van der Waals surface area contributed by atoms with Crippen LogP contribution in [0.3, 0.4) is 0 Å². The number of carbonyl (C=O) groups is 1. The smallest absolute Gasteiger partial charge is 0.222 e. The first-order valence-corrected chi connectivity index (χ1v) is 6.96.